The summed E-state index contributed by atoms with van der Waals surface area (Å²) in [5.41, 5.74) is 4.56. The number of phenols is 1. The lowest BCUT2D eigenvalue weighted by Gasteiger charge is -2.07. The molecule has 0 atom stereocenters. The van der Waals surface area contributed by atoms with Crippen molar-refractivity contribution >= 4 is 34.7 Å². The summed E-state index contributed by atoms with van der Waals surface area (Å²) in [4.78, 5) is 12.1. The summed E-state index contributed by atoms with van der Waals surface area (Å²) in [6.07, 6.45) is 3.47. The molecular weight excluding hydrogens is 445 g/mol. The van der Waals surface area contributed by atoms with Gasteiger partial charge in [0.25, 0.3) is 5.91 Å². The van der Waals surface area contributed by atoms with Gasteiger partial charge in [-0.05, 0) is 77.2 Å². The molecule has 0 saturated carbocycles. The first kappa shape index (κ1) is 18.0. The highest BCUT2D eigenvalue weighted by Gasteiger charge is 2.07. The molecule has 2 N–H and O–H groups in total. The van der Waals surface area contributed by atoms with E-state index in [1.165, 1.54) is 6.07 Å². The van der Waals surface area contributed by atoms with Gasteiger partial charge < -0.3 is 14.4 Å². The fourth-order valence-corrected chi connectivity index (χ4v) is 2.69. The summed E-state index contributed by atoms with van der Waals surface area (Å²) in [6.45, 7) is 0. The molecular formula is C19H16IN3O3. The molecule has 0 spiro atoms. The molecule has 0 fully saturated rings. The Kier molecular flexibility index (Phi) is 5.57. The number of hydrogen-bond acceptors (Lipinski definition) is 4. The molecule has 0 saturated heterocycles. The second-order valence-corrected chi connectivity index (χ2v) is 6.53. The minimum absolute atomic E-state index is 0.0654. The molecule has 3 aromatic rings. The summed E-state index contributed by atoms with van der Waals surface area (Å²) in [5, 5.41) is 13.7. The summed E-state index contributed by atoms with van der Waals surface area (Å²) in [5.74, 6) is 0.454. The minimum atomic E-state index is -0.393. The molecule has 3 rings (SSSR count). The average Bonchev–Trinajstić information content (AvgIpc) is 3.12. The van der Waals surface area contributed by atoms with Crippen molar-refractivity contribution < 1.29 is 14.6 Å². The molecule has 0 unspecified atom stereocenters. The SMILES string of the molecule is COc1ccc(-n2cccc2/C=N\NC(=O)c2ccc(I)c(O)c2)cc1. The lowest BCUT2D eigenvalue weighted by atomic mass is 10.2. The third-order valence-electron chi connectivity index (χ3n) is 3.70. The van der Waals surface area contributed by atoms with E-state index in [2.05, 4.69) is 10.5 Å². The second kappa shape index (κ2) is 8.05. The Bertz CT molecular complexity index is 949. The van der Waals surface area contributed by atoms with Crippen molar-refractivity contribution in [1.82, 2.24) is 9.99 Å². The van der Waals surface area contributed by atoms with E-state index in [0.29, 0.717) is 9.13 Å². The average molecular weight is 461 g/mol. The van der Waals surface area contributed by atoms with Crippen LogP contribution in [0.1, 0.15) is 16.1 Å². The molecule has 6 nitrogen and oxygen atoms in total. The van der Waals surface area contributed by atoms with Gasteiger partial charge in [-0.3, -0.25) is 4.79 Å². The molecule has 0 aliphatic heterocycles. The Hall–Kier alpha value is -2.81. The summed E-state index contributed by atoms with van der Waals surface area (Å²) in [7, 11) is 1.62. The van der Waals surface area contributed by atoms with E-state index in [1.807, 2.05) is 69.8 Å². The van der Waals surface area contributed by atoms with Crippen molar-refractivity contribution in [2.45, 2.75) is 0 Å². The van der Waals surface area contributed by atoms with Crippen LogP contribution in [0.15, 0.2) is 65.9 Å². The maximum Gasteiger partial charge on any atom is 0.271 e. The van der Waals surface area contributed by atoms with Gasteiger partial charge in [0, 0.05) is 17.4 Å². The number of phenolic OH excluding ortho intramolecular Hbond substituents is 1. The lowest BCUT2D eigenvalue weighted by molar-refractivity contribution is 0.0954. The van der Waals surface area contributed by atoms with Crippen molar-refractivity contribution in [1.29, 1.82) is 0 Å². The number of benzene rings is 2. The number of hydrazone groups is 1. The monoisotopic (exact) mass is 461 g/mol. The van der Waals surface area contributed by atoms with E-state index >= 15 is 0 Å². The Morgan fingerprint density at radius 1 is 1.23 bits per heavy atom. The number of methoxy groups -OCH3 is 1. The first-order chi connectivity index (χ1) is 12.6. The highest BCUT2D eigenvalue weighted by molar-refractivity contribution is 14.1. The van der Waals surface area contributed by atoms with E-state index in [-0.39, 0.29) is 5.75 Å². The van der Waals surface area contributed by atoms with Crippen molar-refractivity contribution in [3.05, 3.63) is 75.6 Å². The topological polar surface area (TPSA) is 75.8 Å². The summed E-state index contributed by atoms with van der Waals surface area (Å²) in [6, 6.07) is 16.1. The number of halogens is 1. The van der Waals surface area contributed by atoms with E-state index in [0.717, 1.165) is 17.1 Å². The zero-order valence-corrected chi connectivity index (χ0v) is 16.0. The molecule has 1 heterocycles. The van der Waals surface area contributed by atoms with Crippen LogP contribution in [0, 0.1) is 3.57 Å². The third kappa shape index (κ3) is 4.05. The van der Waals surface area contributed by atoms with Crippen LogP contribution in [0.2, 0.25) is 0 Å². The van der Waals surface area contributed by atoms with Crippen molar-refractivity contribution in [3.63, 3.8) is 0 Å². The lowest BCUT2D eigenvalue weighted by Crippen LogP contribution is -2.17. The molecule has 1 amide bonds. The molecule has 0 aliphatic rings. The van der Waals surface area contributed by atoms with Crippen LogP contribution in [-0.2, 0) is 0 Å². The van der Waals surface area contributed by atoms with Gasteiger partial charge in [-0.25, -0.2) is 5.43 Å². The highest BCUT2D eigenvalue weighted by atomic mass is 127. The van der Waals surface area contributed by atoms with Gasteiger partial charge in [-0.15, -0.1) is 0 Å². The predicted molar refractivity (Wildman–Crippen MR) is 108 cm³/mol. The number of amides is 1. The van der Waals surface area contributed by atoms with Crippen LogP contribution in [0.5, 0.6) is 11.5 Å². The number of nitrogens with zero attached hydrogens (tertiary/aromatic N) is 2. The Morgan fingerprint density at radius 3 is 2.69 bits per heavy atom. The van der Waals surface area contributed by atoms with Crippen molar-refractivity contribution in [2.75, 3.05) is 7.11 Å². The quantitative estimate of drug-likeness (QED) is 0.347. The first-order valence-electron chi connectivity index (χ1n) is 7.72. The first-order valence-corrected chi connectivity index (χ1v) is 8.80. The zero-order valence-electron chi connectivity index (χ0n) is 13.9. The van der Waals surface area contributed by atoms with Crippen molar-refractivity contribution in [2.24, 2.45) is 5.10 Å². The van der Waals surface area contributed by atoms with Gasteiger partial charge in [-0.1, -0.05) is 0 Å². The third-order valence-corrected chi connectivity index (χ3v) is 4.61. The van der Waals surface area contributed by atoms with Crippen LogP contribution >= 0.6 is 22.6 Å². The van der Waals surface area contributed by atoms with E-state index < -0.39 is 5.91 Å². The molecule has 7 heteroatoms. The molecule has 0 aliphatic carbocycles. The molecule has 0 bridgehead atoms. The number of aromatic nitrogens is 1. The Labute approximate surface area is 164 Å². The number of rotatable bonds is 5. The summed E-state index contributed by atoms with van der Waals surface area (Å²) >= 11 is 1.99. The Balaban J connectivity index is 1.72. The highest BCUT2D eigenvalue weighted by Crippen LogP contribution is 2.20. The maximum absolute atomic E-state index is 12.1. The number of aromatic hydroxyl groups is 1. The summed E-state index contributed by atoms with van der Waals surface area (Å²) < 4.78 is 7.78. The maximum atomic E-state index is 12.1. The molecule has 132 valence electrons. The smallest absolute Gasteiger partial charge is 0.271 e. The van der Waals surface area contributed by atoms with Crippen LogP contribution in [-0.4, -0.2) is 28.9 Å². The van der Waals surface area contributed by atoms with Crippen LogP contribution in [0.4, 0.5) is 0 Å². The molecule has 0 radical (unpaired) electrons. The van der Waals surface area contributed by atoms with Gasteiger partial charge in [0.2, 0.25) is 0 Å². The van der Waals surface area contributed by atoms with Crippen LogP contribution < -0.4 is 10.2 Å². The largest absolute Gasteiger partial charge is 0.507 e. The van der Waals surface area contributed by atoms with E-state index in [9.17, 15) is 9.90 Å². The van der Waals surface area contributed by atoms with E-state index in [4.69, 9.17) is 4.74 Å². The number of carbonyl (C=O) groups excluding carboxylic acids is 1. The van der Waals surface area contributed by atoms with Crippen LogP contribution in [0.25, 0.3) is 5.69 Å². The molecule has 26 heavy (non-hydrogen) atoms. The van der Waals surface area contributed by atoms with Gasteiger partial charge in [-0.2, -0.15) is 5.10 Å². The van der Waals surface area contributed by atoms with Gasteiger partial charge in [0.05, 0.1) is 22.6 Å². The predicted octanol–water partition coefficient (Wildman–Crippen LogP) is 3.56. The van der Waals surface area contributed by atoms with Crippen LogP contribution in [0.3, 0.4) is 0 Å². The molecule has 1 aromatic heterocycles. The molecule has 2 aromatic carbocycles. The van der Waals surface area contributed by atoms with Gasteiger partial charge in [0.15, 0.2) is 0 Å². The van der Waals surface area contributed by atoms with Crippen molar-refractivity contribution in [3.8, 4) is 17.2 Å². The standard InChI is InChI=1S/C19H16IN3O3/c1-26-16-7-5-14(6-8-16)23-10-2-3-15(23)12-21-22-19(25)13-4-9-17(20)18(24)11-13/h2-12,24H,1H3,(H,22,25)/b21-12-. The van der Waals surface area contributed by atoms with Gasteiger partial charge >= 0.3 is 0 Å². The van der Waals surface area contributed by atoms with Gasteiger partial charge in [0.1, 0.15) is 11.5 Å². The number of nitrogens with one attached hydrogen (secondary N) is 1. The van der Waals surface area contributed by atoms with E-state index in [1.54, 1.807) is 25.5 Å². The number of carbonyl (C=O) groups is 1. The number of ether oxygens (including phenoxy) is 1. The number of hydrogen-bond donors (Lipinski definition) is 2. The Morgan fingerprint density at radius 2 is 2.00 bits per heavy atom. The fraction of sp³-hybridized carbons (Fsp3) is 0.0526. The zero-order chi connectivity index (χ0) is 18.5. The fourth-order valence-electron chi connectivity index (χ4n) is 2.35. The second-order valence-electron chi connectivity index (χ2n) is 5.37. The minimum Gasteiger partial charge on any atom is -0.507 e. The normalized spacial score (nSPS) is 10.8.